The summed E-state index contributed by atoms with van der Waals surface area (Å²) in [5, 5.41) is 8.57. The summed E-state index contributed by atoms with van der Waals surface area (Å²) >= 11 is 1.85. The van der Waals surface area contributed by atoms with E-state index in [-0.39, 0.29) is 0 Å². The Hall–Kier alpha value is -0.970. The Morgan fingerprint density at radius 2 is 2.53 bits per heavy atom. The van der Waals surface area contributed by atoms with Gasteiger partial charge >= 0.3 is 0 Å². The van der Waals surface area contributed by atoms with Crippen molar-refractivity contribution in [2.75, 3.05) is 5.75 Å². The van der Waals surface area contributed by atoms with Crippen molar-refractivity contribution >= 4 is 16.9 Å². The van der Waals surface area contributed by atoms with Gasteiger partial charge in [0.1, 0.15) is 11.5 Å². The van der Waals surface area contributed by atoms with Crippen molar-refractivity contribution in [3.05, 3.63) is 17.5 Å². The first-order valence-electron chi connectivity index (χ1n) is 6.17. The van der Waals surface area contributed by atoms with E-state index in [0.717, 1.165) is 22.5 Å². The lowest BCUT2D eigenvalue weighted by atomic mass is 10.1. The fourth-order valence-electron chi connectivity index (χ4n) is 2.55. The predicted molar refractivity (Wildman–Crippen MR) is 69.1 cm³/mol. The van der Waals surface area contributed by atoms with Crippen LogP contribution in [0.5, 0.6) is 0 Å². The van der Waals surface area contributed by atoms with Crippen molar-refractivity contribution < 1.29 is 4.52 Å². The summed E-state index contributed by atoms with van der Waals surface area (Å²) in [5.41, 5.74) is 0.908. The molecule has 1 aromatic heterocycles. The molecule has 1 aromatic rings. The predicted octanol–water partition coefficient (Wildman–Crippen LogP) is 2.34. The van der Waals surface area contributed by atoms with Crippen molar-refractivity contribution in [1.29, 1.82) is 0 Å². The lowest BCUT2D eigenvalue weighted by Crippen LogP contribution is -2.41. The first-order chi connectivity index (χ1) is 8.31. The molecule has 1 N–H and O–H groups in total. The molecule has 1 aliphatic heterocycles. The zero-order chi connectivity index (χ0) is 11.7. The molecule has 1 saturated heterocycles. The highest BCUT2D eigenvalue weighted by Crippen LogP contribution is 2.32. The standard InChI is InChI=1S/C12H17N3OS/c1-8-5-10(15-16-8)6-13-12-14-11-4-2-3-9(11)7-17-12/h5,9,11H,2-4,6-7H2,1H3,(H,13,14). The van der Waals surface area contributed by atoms with E-state index in [1.54, 1.807) is 0 Å². The van der Waals surface area contributed by atoms with Crippen LogP contribution >= 0.6 is 11.8 Å². The largest absolute Gasteiger partial charge is 0.362 e. The molecule has 3 rings (SSSR count). The average Bonchev–Trinajstić information content (AvgIpc) is 2.94. The minimum Gasteiger partial charge on any atom is -0.362 e. The highest BCUT2D eigenvalue weighted by Gasteiger charge is 2.31. The van der Waals surface area contributed by atoms with Gasteiger partial charge in [0.2, 0.25) is 0 Å². The number of aryl methyl sites for hydroxylation is 1. The SMILES string of the molecule is Cc1cc(CN=C2NC3CCCC3CS2)no1. The molecule has 1 aliphatic carbocycles. The lowest BCUT2D eigenvalue weighted by Gasteiger charge is -2.27. The smallest absolute Gasteiger partial charge is 0.157 e. The van der Waals surface area contributed by atoms with Crippen molar-refractivity contribution in [2.24, 2.45) is 10.9 Å². The highest BCUT2D eigenvalue weighted by atomic mass is 32.2. The zero-order valence-corrected chi connectivity index (χ0v) is 10.8. The number of amidine groups is 1. The maximum absolute atomic E-state index is 5.03. The molecule has 17 heavy (non-hydrogen) atoms. The van der Waals surface area contributed by atoms with Gasteiger partial charge in [0.05, 0.1) is 6.54 Å². The van der Waals surface area contributed by atoms with E-state index < -0.39 is 0 Å². The minimum absolute atomic E-state index is 0.615. The molecule has 2 unspecified atom stereocenters. The molecule has 92 valence electrons. The molecule has 0 spiro atoms. The van der Waals surface area contributed by atoms with Gasteiger partial charge in [0.15, 0.2) is 5.17 Å². The molecular weight excluding hydrogens is 234 g/mol. The third kappa shape index (κ3) is 2.49. The minimum atomic E-state index is 0.615. The number of rotatable bonds is 2. The first-order valence-corrected chi connectivity index (χ1v) is 7.16. The maximum atomic E-state index is 5.03. The Balaban J connectivity index is 1.61. The van der Waals surface area contributed by atoms with E-state index in [2.05, 4.69) is 15.5 Å². The number of aliphatic imine (C=N–C) groups is 1. The summed E-state index contributed by atoms with van der Waals surface area (Å²) in [6.45, 7) is 2.52. The van der Waals surface area contributed by atoms with Crippen molar-refractivity contribution in [3.8, 4) is 0 Å². The molecule has 2 atom stereocenters. The summed E-state index contributed by atoms with van der Waals surface area (Å²) in [6.07, 6.45) is 4.03. The van der Waals surface area contributed by atoms with Crippen molar-refractivity contribution in [2.45, 2.75) is 38.8 Å². The molecular formula is C12H17N3OS. The Labute approximate surface area is 105 Å². The van der Waals surface area contributed by atoms with Crippen molar-refractivity contribution in [1.82, 2.24) is 10.5 Å². The number of nitrogens with zero attached hydrogens (tertiary/aromatic N) is 2. The molecule has 2 heterocycles. The number of thioether (sulfide) groups is 1. The summed E-state index contributed by atoms with van der Waals surface area (Å²) in [5.74, 6) is 2.92. The second-order valence-corrected chi connectivity index (χ2v) is 5.81. The van der Waals surface area contributed by atoms with E-state index in [0.29, 0.717) is 12.6 Å². The van der Waals surface area contributed by atoms with Gasteiger partial charge in [-0.25, -0.2) is 0 Å². The van der Waals surface area contributed by atoms with E-state index in [4.69, 9.17) is 4.52 Å². The second kappa shape index (κ2) is 4.72. The van der Waals surface area contributed by atoms with Crippen LogP contribution in [-0.4, -0.2) is 22.1 Å². The zero-order valence-electron chi connectivity index (χ0n) is 9.98. The number of hydrogen-bond donors (Lipinski definition) is 1. The Kier molecular flexibility index (Phi) is 3.09. The van der Waals surface area contributed by atoms with Crippen LogP contribution in [0, 0.1) is 12.8 Å². The maximum Gasteiger partial charge on any atom is 0.157 e. The number of nitrogens with one attached hydrogen (secondary N) is 1. The average molecular weight is 251 g/mol. The molecule has 0 amide bonds. The fraction of sp³-hybridized carbons (Fsp3) is 0.667. The number of aromatic nitrogens is 1. The first kappa shape index (κ1) is 11.1. The van der Waals surface area contributed by atoms with Gasteiger partial charge < -0.3 is 9.84 Å². The fourth-order valence-corrected chi connectivity index (χ4v) is 3.71. The van der Waals surface area contributed by atoms with Crippen LogP contribution in [-0.2, 0) is 6.54 Å². The third-order valence-electron chi connectivity index (χ3n) is 3.46. The van der Waals surface area contributed by atoms with Crippen LogP contribution in [0.2, 0.25) is 0 Å². The molecule has 0 radical (unpaired) electrons. The molecule has 0 aromatic carbocycles. The highest BCUT2D eigenvalue weighted by molar-refractivity contribution is 8.13. The summed E-state index contributed by atoms with van der Waals surface area (Å²) in [6, 6.07) is 2.60. The van der Waals surface area contributed by atoms with Gasteiger partial charge in [-0.05, 0) is 25.7 Å². The van der Waals surface area contributed by atoms with Crippen LogP contribution in [0.3, 0.4) is 0 Å². The van der Waals surface area contributed by atoms with Crippen LogP contribution in [0.1, 0.15) is 30.7 Å². The van der Waals surface area contributed by atoms with Crippen LogP contribution < -0.4 is 5.32 Å². The molecule has 2 aliphatic rings. The van der Waals surface area contributed by atoms with Gasteiger partial charge in [-0.2, -0.15) is 0 Å². The molecule has 2 fully saturated rings. The van der Waals surface area contributed by atoms with Gasteiger partial charge in [-0.1, -0.05) is 23.3 Å². The van der Waals surface area contributed by atoms with E-state index >= 15 is 0 Å². The van der Waals surface area contributed by atoms with E-state index in [1.165, 1.54) is 25.0 Å². The van der Waals surface area contributed by atoms with E-state index in [9.17, 15) is 0 Å². The van der Waals surface area contributed by atoms with Gasteiger partial charge in [0.25, 0.3) is 0 Å². The van der Waals surface area contributed by atoms with Gasteiger partial charge in [-0.3, -0.25) is 4.99 Å². The van der Waals surface area contributed by atoms with E-state index in [1.807, 2.05) is 24.8 Å². The molecule has 1 saturated carbocycles. The number of fused-ring (bicyclic) bond motifs is 1. The summed E-state index contributed by atoms with van der Waals surface area (Å²) in [4.78, 5) is 4.57. The topological polar surface area (TPSA) is 50.4 Å². The van der Waals surface area contributed by atoms with Crippen LogP contribution in [0.4, 0.5) is 0 Å². The Morgan fingerprint density at radius 1 is 1.59 bits per heavy atom. The lowest BCUT2D eigenvalue weighted by molar-refractivity contribution is 0.391. The molecule has 4 nitrogen and oxygen atoms in total. The molecule has 0 bridgehead atoms. The molecule has 5 heteroatoms. The van der Waals surface area contributed by atoms with Crippen LogP contribution in [0.15, 0.2) is 15.6 Å². The Morgan fingerprint density at radius 3 is 3.35 bits per heavy atom. The van der Waals surface area contributed by atoms with Crippen molar-refractivity contribution in [3.63, 3.8) is 0 Å². The third-order valence-corrected chi connectivity index (χ3v) is 4.58. The van der Waals surface area contributed by atoms with Gasteiger partial charge in [0, 0.05) is 17.9 Å². The summed E-state index contributed by atoms with van der Waals surface area (Å²) < 4.78 is 5.03. The monoisotopic (exact) mass is 251 g/mol. The van der Waals surface area contributed by atoms with Gasteiger partial charge in [-0.15, -0.1) is 0 Å². The number of hydrogen-bond acceptors (Lipinski definition) is 4. The normalized spacial score (nSPS) is 30.3. The van der Waals surface area contributed by atoms with Crippen LogP contribution in [0.25, 0.3) is 0 Å². The quantitative estimate of drug-likeness (QED) is 0.876. The second-order valence-electron chi connectivity index (χ2n) is 4.80. The summed E-state index contributed by atoms with van der Waals surface area (Å²) in [7, 11) is 0. The Bertz CT molecular complexity index is 429.